The van der Waals surface area contributed by atoms with Gasteiger partial charge in [0.15, 0.2) is 0 Å². The lowest BCUT2D eigenvalue weighted by molar-refractivity contribution is -0.152. The van der Waals surface area contributed by atoms with Crippen molar-refractivity contribution >= 4 is 12.1 Å². The highest BCUT2D eigenvalue weighted by atomic mass is 16.6. The fraction of sp³-hybridized carbons (Fsp3) is 0.529. The lowest BCUT2D eigenvalue weighted by Crippen LogP contribution is -2.34. The highest BCUT2D eigenvalue weighted by molar-refractivity contribution is 5.72. The smallest absolute Gasteiger partial charge is 0.407 e. The van der Waals surface area contributed by atoms with Crippen LogP contribution < -0.4 is 5.32 Å². The molecule has 132 valence electrons. The van der Waals surface area contributed by atoms with E-state index in [1.54, 1.807) is 13.8 Å². The van der Waals surface area contributed by atoms with Crippen molar-refractivity contribution < 1.29 is 24.2 Å². The number of amides is 1. The molecule has 0 bridgehead atoms. The van der Waals surface area contributed by atoms with Crippen LogP contribution in [0.4, 0.5) is 4.79 Å². The van der Waals surface area contributed by atoms with Crippen LogP contribution in [0.5, 0.6) is 0 Å². The van der Waals surface area contributed by atoms with Gasteiger partial charge in [-0.15, -0.1) is 0 Å². The van der Waals surface area contributed by atoms with Crippen LogP contribution in [0.25, 0.3) is 0 Å². The number of esters is 1. The third-order valence-corrected chi connectivity index (χ3v) is 2.67. The van der Waals surface area contributed by atoms with Gasteiger partial charge in [-0.25, -0.2) is 4.79 Å². The fourth-order valence-electron chi connectivity index (χ4n) is 1.43. The average Bonchev–Trinajstić information content (AvgIpc) is 2.59. The minimum absolute atomic E-state index is 0.206. The molecule has 6 heteroatoms. The maximum Gasteiger partial charge on any atom is 0.407 e. The lowest BCUT2D eigenvalue weighted by atomic mass is 10.1. The van der Waals surface area contributed by atoms with Gasteiger partial charge < -0.3 is 19.9 Å². The van der Waals surface area contributed by atoms with Gasteiger partial charge in [0.05, 0.1) is 6.42 Å². The SMILES string of the molecule is CC.CNC(=O)OC(C)C(C)OC(=O)Cc1ccccc1.CO. The molecule has 0 aliphatic heterocycles. The van der Waals surface area contributed by atoms with E-state index in [2.05, 4.69) is 5.32 Å². The number of ether oxygens (including phenoxy) is 2. The largest absolute Gasteiger partial charge is 0.458 e. The van der Waals surface area contributed by atoms with Crippen LogP contribution >= 0.6 is 0 Å². The molecule has 0 saturated carbocycles. The first kappa shape index (κ1) is 23.2. The van der Waals surface area contributed by atoms with E-state index in [-0.39, 0.29) is 12.4 Å². The van der Waals surface area contributed by atoms with Crippen LogP contribution in [0.3, 0.4) is 0 Å². The van der Waals surface area contributed by atoms with Crippen LogP contribution in [0.1, 0.15) is 33.3 Å². The van der Waals surface area contributed by atoms with Crippen molar-refractivity contribution in [3.63, 3.8) is 0 Å². The predicted octanol–water partition coefficient (Wildman–Crippen LogP) is 2.54. The molecule has 23 heavy (non-hydrogen) atoms. The van der Waals surface area contributed by atoms with E-state index in [0.717, 1.165) is 12.7 Å². The summed E-state index contributed by atoms with van der Waals surface area (Å²) in [5, 5.41) is 9.34. The topological polar surface area (TPSA) is 84.9 Å². The van der Waals surface area contributed by atoms with Crippen molar-refractivity contribution in [1.82, 2.24) is 5.32 Å². The molecule has 0 aliphatic rings. The van der Waals surface area contributed by atoms with Gasteiger partial charge in [0.2, 0.25) is 0 Å². The number of hydrogen-bond acceptors (Lipinski definition) is 5. The number of nitrogens with one attached hydrogen (secondary N) is 1. The summed E-state index contributed by atoms with van der Waals surface area (Å²) in [6.45, 7) is 7.37. The molecule has 0 saturated heterocycles. The molecule has 0 spiro atoms. The van der Waals surface area contributed by atoms with Crippen molar-refractivity contribution in [2.24, 2.45) is 0 Å². The minimum atomic E-state index is -0.543. The van der Waals surface area contributed by atoms with E-state index >= 15 is 0 Å². The molecule has 0 fully saturated rings. The number of aliphatic hydroxyl groups is 1. The second-order valence-corrected chi connectivity index (χ2v) is 4.22. The van der Waals surface area contributed by atoms with Crippen molar-refractivity contribution in [3.05, 3.63) is 35.9 Å². The van der Waals surface area contributed by atoms with Gasteiger partial charge >= 0.3 is 12.1 Å². The lowest BCUT2D eigenvalue weighted by Gasteiger charge is -2.20. The van der Waals surface area contributed by atoms with Gasteiger partial charge in [-0.1, -0.05) is 44.2 Å². The molecular weight excluding hydrogens is 298 g/mol. The monoisotopic (exact) mass is 327 g/mol. The first-order chi connectivity index (χ1) is 11.0. The van der Waals surface area contributed by atoms with Crippen LogP contribution in [-0.2, 0) is 20.7 Å². The Hall–Kier alpha value is -2.08. The number of alkyl carbamates (subject to hydrolysis) is 1. The summed E-state index contributed by atoms with van der Waals surface area (Å²) >= 11 is 0. The molecule has 1 aromatic carbocycles. The number of carbonyl (C=O) groups excluding carboxylic acids is 2. The van der Waals surface area contributed by atoms with Gasteiger partial charge in [0.25, 0.3) is 0 Å². The van der Waals surface area contributed by atoms with E-state index in [1.165, 1.54) is 7.05 Å². The normalized spacial score (nSPS) is 11.4. The Morgan fingerprint density at radius 1 is 1.04 bits per heavy atom. The molecule has 2 atom stereocenters. The maximum absolute atomic E-state index is 11.7. The Morgan fingerprint density at radius 3 is 2.00 bits per heavy atom. The molecule has 2 unspecified atom stereocenters. The second kappa shape index (κ2) is 14.8. The Balaban J connectivity index is 0. The summed E-state index contributed by atoms with van der Waals surface area (Å²) in [5.41, 5.74) is 0.888. The molecule has 0 aliphatic carbocycles. The van der Waals surface area contributed by atoms with Gasteiger partial charge in [-0.3, -0.25) is 4.79 Å². The molecular formula is C17H29NO5. The molecule has 0 aromatic heterocycles. The van der Waals surface area contributed by atoms with E-state index in [4.69, 9.17) is 14.6 Å². The Kier molecular flexibility index (Phi) is 15.0. The fourth-order valence-corrected chi connectivity index (χ4v) is 1.43. The first-order valence-corrected chi connectivity index (χ1v) is 7.59. The minimum Gasteiger partial charge on any atom is -0.458 e. The van der Waals surface area contributed by atoms with Crippen molar-refractivity contribution in [2.45, 2.75) is 46.3 Å². The van der Waals surface area contributed by atoms with Gasteiger partial charge in [0, 0.05) is 14.2 Å². The highest BCUT2D eigenvalue weighted by Crippen LogP contribution is 2.07. The predicted molar refractivity (Wildman–Crippen MR) is 90.2 cm³/mol. The Morgan fingerprint density at radius 2 is 1.52 bits per heavy atom. The highest BCUT2D eigenvalue weighted by Gasteiger charge is 2.20. The van der Waals surface area contributed by atoms with Crippen molar-refractivity contribution in [1.29, 1.82) is 0 Å². The van der Waals surface area contributed by atoms with Crippen LogP contribution in [0.2, 0.25) is 0 Å². The first-order valence-electron chi connectivity index (χ1n) is 7.59. The Bertz CT molecular complexity index is 422. The van der Waals surface area contributed by atoms with E-state index in [9.17, 15) is 9.59 Å². The van der Waals surface area contributed by atoms with Gasteiger partial charge in [-0.05, 0) is 19.4 Å². The molecule has 0 heterocycles. The Labute approximate surface area is 138 Å². The molecule has 1 amide bonds. The van der Waals surface area contributed by atoms with Crippen molar-refractivity contribution in [2.75, 3.05) is 14.2 Å². The summed E-state index contributed by atoms with van der Waals surface area (Å²) in [6.07, 6.45) is -1.33. The molecule has 0 radical (unpaired) electrons. The zero-order valence-electron chi connectivity index (χ0n) is 14.8. The number of benzene rings is 1. The number of aliphatic hydroxyl groups excluding tert-OH is 1. The van der Waals surface area contributed by atoms with Crippen LogP contribution in [-0.4, -0.2) is 43.5 Å². The van der Waals surface area contributed by atoms with Gasteiger partial charge in [-0.2, -0.15) is 0 Å². The third-order valence-electron chi connectivity index (χ3n) is 2.67. The molecule has 2 N–H and O–H groups in total. The van der Waals surface area contributed by atoms with Gasteiger partial charge in [0.1, 0.15) is 12.2 Å². The maximum atomic E-state index is 11.7. The molecule has 1 rings (SSSR count). The second-order valence-electron chi connectivity index (χ2n) is 4.22. The van der Waals surface area contributed by atoms with Crippen LogP contribution in [0.15, 0.2) is 30.3 Å². The summed E-state index contributed by atoms with van der Waals surface area (Å²) in [6, 6.07) is 9.33. The number of hydrogen-bond donors (Lipinski definition) is 2. The average molecular weight is 327 g/mol. The summed E-state index contributed by atoms with van der Waals surface area (Å²) in [7, 11) is 2.47. The van der Waals surface area contributed by atoms with Crippen LogP contribution in [0, 0.1) is 0 Å². The van der Waals surface area contributed by atoms with E-state index in [0.29, 0.717) is 0 Å². The van der Waals surface area contributed by atoms with E-state index in [1.807, 2.05) is 44.2 Å². The summed E-state index contributed by atoms with van der Waals surface area (Å²) in [5.74, 6) is -0.342. The number of rotatable bonds is 5. The molecule has 1 aromatic rings. The number of carbonyl (C=O) groups is 2. The quantitative estimate of drug-likeness (QED) is 0.812. The zero-order chi connectivity index (χ0) is 18.3. The van der Waals surface area contributed by atoms with E-state index < -0.39 is 18.3 Å². The summed E-state index contributed by atoms with van der Waals surface area (Å²) in [4.78, 5) is 22.7. The third kappa shape index (κ3) is 11.2. The standard InChI is InChI=1S/C14H19NO4.C2H6.CH4O/c1-10(11(2)19-14(17)15-3)18-13(16)9-12-7-5-4-6-8-12;2*1-2/h4-8,10-11H,9H2,1-3H3,(H,15,17);1-2H3;2H,1H3. The molecule has 6 nitrogen and oxygen atoms in total. The van der Waals surface area contributed by atoms with Crippen molar-refractivity contribution in [3.8, 4) is 0 Å². The summed E-state index contributed by atoms with van der Waals surface area (Å²) < 4.78 is 10.2. The zero-order valence-corrected chi connectivity index (χ0v) is 14.8.